The Bertz CT molecular complexity index is 1720. The molecule has 0 aromatic heterocycles. The lowest BCUT2D eigenvalue weighted by Crippen LogP contribution is -2.47. The molecule has 0 saturated carbocycles. The van der Waals surface area contributed by atoms with Gasteiger partial charge in [-0.15, -0.1) is 0 Å². The van der Waals surface area contributed by atoms with Gasteiger partial charge in [0.2, 0.25) is 0 Å². The number of hydrogen-bond donors (Lipinski definition) is 0. The summed E-state index contributed by atoms with van der Waals surface area (Å²) >= 11 is 0. The first-order chi connectivity index (χ1) is 20.4. The van der Waals surface area contributed by atoms with Crippen LogP contribution in [0.3, 0.4) is 0 Å². The van der Waals surface area contributed by atoms with Crippen LogP contribution in [0.25, 0.3) is 0 Å². The van der Waals surface area contributed by atoms with Gasteiger partial charge in [-0.3, -0.25) is 5.01 Å². The number of hydrogen-bond acceptors (Lipinski definition) is 6. The number of para-hydroxylation sites is 1. The Morgan fingerprint density at radius 1 is 0.833 bits per heavy atom. The van der Waals surface area contributed by atoms with Gasteiger partial charge in [-0.1, -0.05) is 49.7 Å². The van der Waals surface area contributed by atoms with Gasteiger partial charge >= 0.3 is 5.97 Å². The van der Waals surface area contributed by atoms with E-state index in [1.54, 1.807) is 41.4 Å². The minimum Gasteiger partial charge on any atom is -0.456 e. The Hall–Kier alpha value is -4.34. The lowest BCUT2D eigenvalue weighted by Gasteiger charge is -2.40. The molecule has 3 heterocycles. The zero-order valence-corrected chi connectivity index (χ0v) is 22.8. The molecule has 1 fully saturated rings. The molecule has 214 valence electrons. The molecular formula is C33H27F3N2O4. The van der Waals surface area contributed by atoms with Crippen LogP contribution in [0.5, 0.6) is 11.5 Å². The van der Waals surface area contributed by atoms with Crippen LogP contribution in [0.2, 0.25) is 0 Å². The van der Waals surface area contributed by atoms with Gasteiger partial charge < -0.3 is 14.2 Å². The number of halogens is 3. The van der Waals surface area contributed by atoms with Crippen molar-refractivity contribution in [3.05, 3.63) is 118 Å². The zero-order valence-electron chi connectivity index (χ0n) is 22.8. The van der Waals surface area contributed by atoms with Crippen molar-refractivity contribution in [3.63, 3.8) is 0 Å². The Labute approximate surface area is 240 Å². The maximum absolute atomic E-state index is 15.6. The summed E-state index contributed by atoms with van der Waals surface area (Å²) in [7, 11) is 0. The number of rotatable bonds is 5. The van der Waals surface area contributed by atoms with Crippen molar-refractivity contribution in [2.24, 2.45) is 0 Å². The highest BCUT2D eigenvalue weighted by atomic mass is 19.2. The molecule has 0 N–H and O–H groups in total. The van der Waals surface area contributed by atoms with E-state index in [4.69, 9.17) is 14.2 Å². The Morgan fingerprint density at radius 3 is 2.33 bits per heavy atom. The first-order valence-electron chi connectivity index (χ1n) is 14.0. The van der Waals surface area contributed by atoms with E-state index >= 15 is 4.39 Å². The van der Waals surface area contributed by atoms with E-state index in [0.29, 0.717) is 72.2 Å². The minimum absolute atomic E-state index is 0.0984. The molecule has 1 spiro atoms. The van der Waals surface area contributed by atoms with Gasteiger partial charge in [0.05, 0.1) is 30.2 Å². The van der Waals surface area contributed by atoms with Gasteiger partial charge in [0.15, 0.2) is 23.1 Å². The highest BCUT2D eigenvalue weighted by Gasteiger charge is 2.53. The van der Waals surface area contributed by atoms with Crippen molar-refractivity contribution >= 4 is 17.3 Å². The third-order valence-corrected chi connectivity index (χ3v) is 8.07. The highest BCUT2D eigenvalue weighted by Crippen LogP contribution is 2.56. The molecule has 0 amide bonds. The molecule has 6 nitrogen and oxygen atoms in total. The average Bonchev–Trinajstić information content (AvgIpc) is 3.31. The van der Waals surface area contributed by atoms with Crippen molar-refractivity contribution in [1.29, 1.82) is 0 Å². The minimum atomic E-state index is -1.51. The summed E-state index contributed by atoms with van der Waals surface area (Å²) in [6, 6.07) is 21.2. The van der Waals surface area contributed by atoms with Crippen molar-refractivity contribution in [1.82, 2.24) is 5.01 Å². The van der Waals surface area contributed by atoms with Crippen LogP contribution >= 0.6 is 0 Å². The molecule has 42 heavy (non-hydrogen) atoms. The van der Waals surface area contributed by atoms with Crippen LogP contribution in [0.4, 0.5) is 24.5 Å². The molecule has 1 unspecified atom stereocenters. The molecule has 0 radical (unpaired) electrons. The maximum Gasteiger partial charge on any atom is 0.340 e. The summed E-state index contributed by atoms with van der Waals surface area (Å²) in [5.41, 5.74) is 1.65. The number of aryl methyl sites for hydroxylation is 1. The predicted molar refractivity (Wildman–Crippen MR) is 150 cm³/mol. The van der Waals surface area contributed by atoms with E-state index < -0.39 is 29.0 Å². The van der Waals surface area contributed by atoms with Gasteiger partial charge in [-0.25, -0.2) is 23.0 Å². The van der Waals surface area contributed by atoms with Crippen LogP contribution in [-0.4, -0.2) is 37.3 Å². The van der Waals surface area contributed by atoms with E-state index in [1.165, 1.54) is 6.07 Å². The van der Waals surface area contributed by atoms with Crippen molar-refractivity contribution in [2.75, 3.05) is 31.3 Å². The third-order valence-electron chi connectivity index (χ3n) is 8.07. The van der Waals surface area contributed by atoms with Gasteiger partial charge in [0, 0.05) is 35.8 Å². The molecule has 4 aromatic carbocycles. The monoisotopic (exact) mass is 572 g/mol. The molecule has 1 atom stereocenters. The average molecular weight is 573 g/mol. The maximum atomic E-state index is 15.6. The van der Waals surface area contributed by atoms with Crippen LogP contribution < -0.4 is 9.75 Å². The smallest absolute Gasteiger partial charge is 0.340 e. The highest BCUT2D eigenvalue weighted by molar-refractivity contribution is 5.97. The fourth-order valence-corrected chi connectivity index (χ4v) is 6.20. The predicted octanol–water partition coefficient (Wildman–Crippen LogP) is 7.01. The van der Waals surface area contributed by atoms with Gasteiger partial charge in [-0.2, -0.15) is 0 Å². The molecule has 0 aliphatic carbocycles. The fourth-order valence-electron chi connectivity index (χ4n) is 6.20. The largest absolute Gasteiger partial charge is 0.456 e. The molecule has 9 heteroatoms. The zero-order chi connectivity index (χ0) is 29.0. The Kier molecular flexibility index (Phi) is 6.44. The summed E-state index contributed by atoms with van der Waals surface area (Å²) in [6.07, 6.45) is 0.817. The number of esters is 1. The standard InChI is InChI=1S/C33H27F3N2O4/c1-2-7-20-18-26(30(35)31(36)29(20)34)38(37-14-16-40-17-15-37)21-12-13-25-28(19-21)41-27-11-6-5-10-24(27)33(25)23-9-4-3-8-22(23)32(39)42-33/h3-6,8-13,18-19H,2,7,14-17H2,1H3. The Morgan fingerprint density at radius 2 is 1.55 bits per heavy atom. The first-order valence-corrected chi connectivity index (χ1v) is 14.0. The number of anilines is 2. The van der Waals surface area contributed by atoms with Gasteiger partial charge in [0.1, 0.15) is 11.5 Å². The molecule has 1 saturated heterocycles. The molecule has 4 aromatic rings. The summed E-state index contributed by atoms with van der Waals surface area (Å²) < 4.78 is 63.3. The molecule has 3 aliphatic heterocycles. The van der Waals surface area contributed by atoms with E-state index in [9.17, 15) is 13.6 Å². The molecular weight excluding hydrogens is 545 g/mol. The van der Waals surface area contributed by atoms with Crippen molar-refractivity contribution < 1.29 is 32.2 Å². The number of nitrogens with zero attached hydrogens (tertiary/aromatic N) is 2. The van der Waals surface area contributed by atoms with Crippen molar-refractivity contribution in [3.8, 4) is 11.5 Å². The number of morpholine rings is 1. The lowest BCUT2D eigenvalue weighted by molar-refractivity contribution is 0.0224. The number of ether oxygens (including phenoxy) is 3. The number of hydrazine groups is 1. The van der Waals surface area contributed by atoms with Crippen LogP contribution in [0.1, 0.15) is 46.0 Å². The van der Waals surface area contributed by atoms with Crippen LogP contribution in [-0.2, 0) is 21.5 Å². The molecule has 7 rings (SSSR count). The lowest BCUT2D eigenvalue weighted by atomic mass is 9.77. The number of carbonyl (C=O) groups excluding carboxylic acids is 1. The number of carbonyl (C=O) groups is 1. The fraction of sp³-hybridized carbons (Fsp3) is 0.242. The SMILES string of the molecule is CCCc1cc(N(c2ccc3c(c2)Oc2ccccc2C32OC(=O)c3ccccc32)N2CCOCC2)c(F)c(F)c1F. The number of fused-ring (bicyclic) bond motifs is 6. The molecule has 3 aliphatic rings. The summed E-state index contributed by atoms with van der Waals surface area (Å²) in [5, 5.41) is 3.40. The van der Waals surface area contributed by atoms with E-state index in [2.05, 4.69) is 0 Å². The van der Waals surface area contributed by atoms with Gasteiger partial charge in [0.25, 0.3) is 0 Å². The second-order valence-corrected chi connectivity index (χ2v) is 10.5. The summed E-state index contributed by atoms with van der Waals surface area (Å²) in [6.45, 7) is 3.42. The van der Waals surface area contributed by atoms with E-state index in [-0.39, 0.29) is 17.7 Å². The second-order valence-electron chi connectivity index (χ2n) is 10.5. The summed E-state index contributed by atoms with van der Waals surface area (Å²) in [4.78, 5) is 13.1. The van der Waals surface area contributed by atoms with Crippen LogP contribution in [0.15, 0.2) is 72.8 Å². The number of benzene rings is 4. The first kappa shape index (κ1) is 26.6. The third kappa shape index (κ3) is 3.91. The van der Waals surface area contributed by atoms with E-state index in [0.717, 1.165) is 0 Å². The normalized spacial score (nSPS) is 19.1. The topological polar surface area (TPSA) is 51.2 Å². The summed E-state index contributed by atoms with van der Waals surface area (Å²) in [5.74, 6) is -3.50. The quantitative estimate of drug-likeness (QED) is 0.190. The van der Waals surface area contributed by atoms with Crippen molar-refractivity contribution in [2.45, 2.75) is 25.4 Å². The van der Waals surface area contributed by atoms with E-state index in [1.807, 2.05) is 42.3 Å². The molecule has 0 bridgehead atoms. The Balaban J connectivity index is 1.43. The van der Waals surface area contributed by atoms with Gasteiger partial charge in [-0.05, 0) is 42.3 Å². The van der Waals surface area contributed by atoms with Crippen LogP contribution in [0, 0.1) is 17.5 Å². The second kappa shape index (κ2) is 10.2.